The van der Waals surface area contributed by atoms with Gasteiger partial charge in [-0.3, -0.25) is 14.6 Å². The van der Waals surface area contributed by atoms with Crippen molar-refractivity contribution in [3.63, 3.8) is 0 Å². The van der Waals surface area contributed by atoms with Gasteiger partial charge < -0.3 is 15.0 Å². The Hall–Kier alpha value is -3.03. The first-order chi connectivity index (χ1) is 13.0. The number of rotatable bonds is 5. The van der Waals surface area contributed by atoms with E-state index < -0.39 is 5.82 Å². The summed E-state index contributed by atoms with van der Waals surface area (Å²) >= 11 is 0. The second kappa shape index (κ2) is 8.57. The van der Waals surface area contributed by atoms with Crippen LogP contribution in [0.3, 0.4) is 0 Å². The topological polar surface area (TPSA) is 84.4 Å². The summed E-state index contributed by atoms with van der Waals surface area (Å²) in [6.45, 7) is 2.46. The third kappa shape index (κ3) is 4.99. The first-order valence-electron chi connectivity index (χ1n) is 8.79. The molecule has 1 saturated heterocycles. The molecule has 1 N–H and O–H groups in total. The molecule has 0 bridgehead atoms. The van der Waals surface area contributed by atoms with Crippen molar-refractivity contribution in [1.29, 1.82) is 0 Å². The quantitative estimate of drug-likeness (QED) is 0.870. The largest absolute Gasteiger partial charge is 0.437 e. The minimum absolute atomic E-state index is 0.0187. The fourth-order valence-electron chi connectivity index (χ4n) is 3.08. The molecule has 1 aliphatic heterocycles. The predicted octanol–water partition coefficient (Wildman–Crippen LogP) is 2.25. The van der Waals surface area contributed by atoms with E-state index in [1.54, 1.807) is 23.2 Å². The summed E-state index contributed by atoms with van der Waals surface area (Å²) < 4.78 is 19.1. The van der Waals surface area contributed by atoms with Gasteiger partial charge in [-0.1, -0.05) is 6.07 Å². The van der Waals surface area contributed by atoms with E-state index >= 15 is 0 Å². The van der Waals surface area contributed by atoms with Gasteiger partial charge in [0.1, 0.15) is 17.3 Å². The standard InChI is InChI=1S/C19H21FN4O3/c1-13(25)23-11-17(26)24-9-3-4-14(12-24)18-19(22-8-7-21-18)27-16-6-2-5-15(20)10-16/h2,5-8,10,14H,3-4,9,11-12H2,1H3,(H,23,25)/t14-/m0/s1. The van der Waals surface area contributed by atoms with E-state index in [9.17, 15) is 14.0 Å². The number of amides is 2. The van der Waals surface area contributed by atoms with Crippen LogP contribution in [-0.2, 0) is 9.59 Å². The molecule has 2 heterocycles. The molecule has 1 aromatic heterocycles. The van der Waals surface area contributed by atoms with Crippen LogP contribution in [0.5, 0.6) is 11.6 Å². The lowest BCUT2D eigenvalue weighted by Crippen LogP contribution is -2.44. The van der Waals surface area contributed by atoms with E-state index in [2.05, 4.69) is 15.3 Å². The third-order valence-corrected chi connectivity index (χ3v) is 4.35. The molecule has 0 radical (unpaired) electrons. The first kappa shape index (κ1) is 18.8. The molecule has 0 spiro atoms. The van der Waals surface area contributed by atoms with Crippen LogP contribution < -0.4 is 10.1 Å². The zero-order chi connectivity index (χ0) is 19.2. The average molecular weight is 372 g/mol. The Labute approximate surface area is 156 Å². The van der Waals surface area contributed by atoms with Crippen LogP contribution in [0, 0.1) is 5.82 Å². The maximum absolute atomic E-state index is 13.4. The van der Waals surface area contributed by atoms with E-state index in [1.165, 1.54) is 25.3 Å². The fourth-order valence-corrected chi connectivity index (χ4v) is 3.08. The van der Waals surface area contributed by atoms with E-state index in [4.69, 9.17) is 4.74 Å². The second-order valence-electron chi connectivity index (χ2n) is 6.39. The molecular weight excluding hydrogens is 351 g/mol. The number of piperidine rings is 1. The molecule has 2 aromatic rings. The summed E-state index contributed by atoms with van der Waals surface area (Å²) in [7, 11) is 0. The lowest BCUT2D eigenvalue weighted by atomic mass is 9.94. The van der Waals surface area contributed by atoms with Crippen LogP contribution in [0.1, 0.15) is 31.4 Å². The highest BCUT2D eigenvalue weighted by Gasteiger charge is 2.28. The van der Waals surface area contributed by atoms with Crippen molar-refractivity contribution >= 4 is 11.8 Å². The molecule has 0 saturated carbocycles. The molecule has 8 heteroatoms. The van der Waals surface area contributed by atoms with Crippen molar-refractivity contribution in [3.8, 4) is 11.6 Å². The molecular formula is C19H21FN4O3. The molecule has 3 rings (SSSR count). The van der Waals surface area contributed by atoms with Gasteiger partial charge in [-0.25, -0.2) is 9.37 Å². The summed E-state index contributed by atoms with van der Waals surface area (Å²) in [6.07, 6.45) is 4.74. The Morgan fingerprint density at radius 1 is 1.33 bits per heavy atom. The molecule has 0 unspecified atom stereocenters. The molecule has 1 aliphatic rings. The first-order valence-corrected chi connectivity index (χ1v) is 8.79. The average Bonchev–Trinajstić information content (AvgIpc) is 2.66. The highest BCUT2D eigenvalue weighted by molar-refractivity contribution is 5.83. The zero-order valence-corrected chi connectivity index (χ0v) is 15.0. The lowest BCUT2D eigenvalue weighted by Gasteiger charge is -2.32. The fraction of sp³-hybridized carbons (Fsp3) is 0.368. The monoisotopic (exact) mass is 372 g/mol. The summed E-state index contributed by atoms with van der Waals surface area (Å²) in [6, 6.07) is 5.82. The maximum atomic E-state index is 13.4. The van der Waals surface area contributed by atoms with Crippen molar-refractivity contribution in [2.75, 3.05) is 19.6 Å². The number of likely N-dealkylation sites (tertiary alicyclic amines) is 1. The van der Waals surface area contributed by atoms with Gasteiger partial charge >= 0.3 is 0 Å². The number of halogens is 1. The van der Waals surface area contributed by atoms with E-state index in [-0.39, 0.29) is 24.3 Å². The number of carbonyl (C=O) groups is 2. The molecule has 27 heavy (non-hydrogen) atoms. The van der Waals surface area contributed by atoms with Crippen molar-refractivity contribution in [2.45, 2.75) is 25.7 Å². The molecule has 7 nitrogen and oxygen atoms in total. The summed E-state index contributed by atoms with van der Waals surface area (Å²) in [4.78, 5) is 33.7. The number of hydrogen-bond donors (Lipinski definition) is 1. The van der Waals surface area contributed by atoms with Crippen LogP contribution in [0.25, 0.3) is 0 Å². The molecule has 2 amide bonds. The molecule has 142 valence electrons. The van der Waals surface area contributed by atoms with Crippen LogP contribution in [0.2, 0.25) is 0 Å². The number of benzene rings is 1. The Bertz CT molecular complexity index is 830. The van der Waals surface area contributed by atoms with Gasteiger partial charge in [0.2, 0.25) is 17.7 Å². The molecule has 1 fully saturated rings. The van der Waals surface area contributed by atoms with Crippen molar-refractivity contribution in [2.24, 2.45) is 0 Å². The number of ether oxygens (including phenoxy) is 1. The van der Waals surface area contributed by atoms with Crippen LogP contribution in [0.4, 0.5) is 4.39 Å². The number of aromatic nitrogens is 2. The SMILES string of the molecule is CC(=O)NCC(=O)N1CCC[C@H](c2nccnc2Oc2cccc(F)c2)C1. The lowest BCUT2D eigenvalue weighted by molar-refractivity contribution is -0.133. The molecule has 1 aromatic carbocycles. The molecule has 1 atom stereocenters. The number of hydrogen-bond acceptors (Lipinski definition) is 5. The summed E-state index contributed by atoms with van der Waals surface area (Å²) in [5.74, 6) is -0.166. The predicted molar refractivity (Wildman–Crippen MR) is 95.7 cm³/mol. The van der Waals surface area contributed by atoms with Crippen LogP contribution in [-0.4, -0.2) is 46.3 Å². The highest BCUT2D eigenvalue weighted by Crippen LogP contribution is 2.32. The smallest absolute Gasteiger partial charge is 0.241 e. The minimum atomic E-state index is -0.398. The number of nitrogens with zero attached hydrogens (tertiary/aromatic N) is 3. The van der Waals surface area contributed by atoms with Crippen LogP contribution in [0.15, 0.2) is 36.7 Å². The Morgan fingerprint density at radius 3 is 2.93 bits per heavy atom. The second-order valence-corrected chi connectivity index (χ2v) is 6.39. The van der Waals surface area contributed by atoms with Gasteiger partial charge in [0.15, 0.2) is 0 Å². The highest BCUT2D eigenvalue weighted by atomic mass is 19.1. The molecule has 0 aliphatic carbocycles. The van der Waals surface area contributed by atoms with Gasteiger partial charge in [-0.15, -0.1) is 0 Å². The van der Waals surface area contributed by atoms with Gasteiger partial charge in [0.25, 0.3) is 0 Å². The third-order valence-electron chi connectivity index (χ3n) is 4.35. The zero-order valence-electron chi connectivity index (χ0n) is 15.0. The van der Waals surface area contributed by atoms with Crippen LogP contribution >= 0.6 is 0 Å². The summed E-state index contributed by atoms with van der Waals surface area (Å²) in [5, 5.41) is 2.53. The van der Waals surface area contributed by atoms with E-state index in [0.29, 0.717) is 30.4 Å². The van der Waals surface area contributed by atoms with Crippen molar-refractivity contribution in [1.82, 2.24) is 20.2 Å². The maximum Gasteiger partial charge on any atom is 0.241 e. The van der Waals surface area contributed by atoms with Crippen molar-refractivity contribution in [3.05, 3.63) is 48.2 Å². The number of carbonyl (C=O) groups excluding carboxylic acids is 2. The number of nitrogens with one attached hydrogen (secondary N) is 1. The minimum Gasteiger partial charge on any atom is -0.437 e. The van der Waals surface area contributed by atoms with Gasteiger partial charge in [0.05, 0.1) is 6.54 Å². The van der Waals surface area contributed by atoms with E-state index in [1.807, 2.05) is 0 Å². The van der Waals surface area contributed by atoms with E-state index in [0.717, 1.165) is 12.8 Å². The van der Waals surface area contributed by atoms with Gasteiger partial charge in [-0.2, -0.15) is 0 Å². The van der Waals surface area contributed by atoms with Gasteiger partial charge in [0, 0.05) is 44.4 Å². The summed E-state index contributed by atoms with van der Waals surface area (Å²) in [5.41, 5.74) is 0.638. The van der Waals surface area contributed by atoms with Crippen molar-refractivity contribution < 1.29 is 18.7 Å². The Balaban J connectivity index is 1.74. The Kier molecular flexibility index (Phi) is 5.95. The van der Waals surface area contributed by atoms with Gasteiger partial charge in [-0.05, 0) is 25.0 Å². The normalized spacial score (nSPS) is 16.7. The Morgan fingerprint density at radius 2 is 2.15 bits per heavy atom.